The van der Waals surface area contributed by atoms with Crippen LogP contribution in [0, 0.1) is 0 Å². The normalized spacial score (nSPS) is 14.3. The Balaban J connectivity index is 5.15. The monoisotopic (exact) mass is 1190 g/mol. The number of carbonyl (C=O) groups is 2. The molecule has 0 heterocycles. The van der Waals surface area contributed by atoms with E-state index in [1.54, 1.807) is 0 Å². The van der Waals surface area contributed by atoms with Crippen molar-refractivity contribution in [1.82, 2.24) is 5.32 Å². The largest absolute Gasteiger partial charge is 0.472 e. The number of hydrogen-bond acceptors (Lipinski definition) is 6. The zero-order valence-corrected chi connectivity index (χ0v) is 56.0. The van der Waals surface area contributed by atoms with Crippen LogP contribution in [-0.2, 0) is 27.9 Å². The lowest BCUT2D eigenvalue weighted by Gasteiger charge is -2.27. The lowest BCUT2D eigenvalue weighted by molar-refractivity contribution is -0.870. The Bertz CT molecular complexity index is 1850. The summed E-state index contributed by atoms with van der Waals surface area (Å²) in [4.78, 5) is 37.9. The number of likely N-dealkylation sites (N-methyl/N-ethyl adjacent to an activating group) is 1. The number of unbranched alkanes of at least 4 members (excludes halogenated alkanes) is 27. The van der Waals surface area contributed by atoms with Crippen molar-refractivity contribution >= 4 is 19.7 Å². The van der Waals surface area contributed by atoms with Crippen LogP contribution in [-0.4, -0.2) is 74.3 Å². The van der Waals surface area contributed by atoms with Gasteiger partial charge in [-0.15, -0.1) is 0 Å². The van der Waals surface area contributed by atoms with Crippen LogP contribution in [0.4, 0.5) is 0 Å². The van der Waals surface area contributed by atoms with Gasteiger partial charge in [0.25, 0.3) is 0 Å². The van der Waals surface area contributed by atoms with Crippen LogP contribution in [0.3, 0.4) is 0 Å². The van der Waals surface area contributed by atoms with E-state index < -0.39 is 20.0 Å². The molecule has 3 unspecified atom stereocenters. The van der Waals surface area contributed by atoms with Gasteiger partial charge in [0.15, 0.2) is 0 Å². The number of allylic oxidation sites excluding steroid dienone is 19. The number of amides is 1. The summed E-state index contributed by atoms with van der Waals surface area (Å²) in [5, 5.41) is 3.06. The molecule has 9 nitrogen and oxygen atoms in total. The molecule has 84 heavy (non-hydrogen) atoms. The quantitative estimate of drug-likeness (QED) is 0.0205. The van der Waals surface area contributed by atoms with Crippen molar-refractivity contribution in [2.75, 3.05) is 40.9 Å². The highest BCUT2D eigenvalue weighted by Gasteiger charge is 2.30. The van der Waals surface area contributed by atoms with E-state index in [4.69, 9.17) is 13.8 Å². The molecule has 0 aliphatic carbocycles. The molecule has 0 spiro atoms. The van der Waals surface area contributed by atoms with Crippen LogP contribution in [0.1, 0.15) is 284 Å². The first-order valence-corrected chi connectivity index (χ1v) is 35.9. The number of nitrogens with one attached hydrogen (secondary N) is 1. The van der Waals surface area contributed by atoms with E-state index in [0.717, 1.165) is 135 Å². The molecule has 0 aliphatic rings. The Morgan fingerprint density at radius 3 is 1.17 bits per heavy atom. The SMILES string of the molecule is CC/C=C\C/C=C\C/C=C\C/C=C\C/C=C\C/C=C\CCCCCCCCCCC(=O)NC(COP(=O)(O)OCC[N+](C)(C)C)C(/C=C\CCCCCCCCCCCC)OC(=O)CCCCCCCC/C=C\C/C=C\C/C=C\CCCCC. The van der Waals surface area contributed by atoms with E-state index in [9.17, 15) is 19.0 Å². The Kier molecular flexibility index (Phi) is 59.8. The second-order valence-electron chi connectivity index (χ2n) is 24.0. The summed E-state index contributed by atoms with van der Waals surface area (Å²) in [6.07, 6.45) is 87.7. The highest BCUT2D eigenvalue weighted by Crippen LogP contribution is 2.43. The number of phosphoric ester groups is 1. The Labute approximate surface area is 518 Å². The van der Waals surface area contributed by atoms with Gasteiger partial charge in [0, 0.05) is 12.8 Å². The van der Waals surface area contributed by atoms with Crippen LogP contribution >= 0.6 is 7.82 Å². The number of hydrogen-bond donors (Lipinski definition) is 2. The third-order valence-corrected chi connectivity index (χ3v) is 15.6. The summed E-state index contributed by atoms with van der Waals surface area (Å²) in [5.74, 6) is -0.533. The number of rotatable bonds is 61. The zero-order chi connectivity index (χ0) is 61.4. The molecular weight excluding hydrogens is 1060 g/mol. The van der Waals surface area contributed by atoms with Gasteiger partial charge in [0.2, 0.25) is 5.91 Å². The van der Waals surface area contributed by atoms with E-state index in [-0.39, 0.29) is 31.5 Å². The van der Waals surface area contributed by atoms with Crippen molar-refractivity contribution in [1.29, 1.82) is 0 Å². The van der Waals surface area contributed by atoms with Gasteiger partial charge in [-0.05, 0) is 122 Å². The van der Waals surface area contributed by atoms with E-state index in [0.29, 0.717) is 17.4 Å². The molecular formula is C74H130N2O7P+. The predicted molar refractivity (Wildman–Crippen MR) is 364 cm³/mol. The van der Waals surface area contributed by atoms with Crippen LogP contribution in [0.5, 0.6) is 0 Å². The fourth-order valence-corrected chi connectivity index (χ4v) is 10.1. The molecule has 0 aromatic heterocycles. The molecule has 0 aromatic carbocycles. The number of esters is 1. The summed E-state index contributed by atoms with van der Waals surface area (Å²) in [6, 6.07) is -0.867. The molecule has 0 aliphatic heterocycles. The van der Waals surface area contributed by atoms with Gasteiger partial charge in [-0.3, -0.25) is 18.6 Å². The molecule has 482 valence electrons. The molecule has 0 radical (unpaired) electrons. The van der Waals surface area contributed by atoms with Gasteiger partial charge in [-0.2, -0.15) is 0 Å². The van der Waals surface area contributed by atoms with Crippen LogP contribution < -0.4 is 5.32 Å². The first kappa shape index (κ1) is 80.4. The summed E-state index contributed by atoms with van der Waals surface area (Å²) >= 11 is 0. The lowest BCUT2D eigenvalue weighted by Crippen LogP contribution is -2.47. The Morgan fingerprint density at radius 1 is 0.429 bits per heavy atom. The van der Waals surface area contributed by atoms with Crippen LogP contribution in [0.15, 0.2) is 122 Å². The fraction of sp³-hybridized carbons (Fsp3) is 0.703. The van der Waals surface area contributed by atoms with Crippen molar-refractivity contribution < 1.29 is 37.3 Å². The number of phosphoric acid groups is 1. The van der Waals surface area contributed by atoms with E-state index in [1.165, 1.54) is 116 Å². The fourth-order valence-electron chi connectivity index (χ4n) is 9.36. The van der Waals surface area contributed by atoms with Gasteiger partial charge < -0.3 is 19.4 Å². The molecule has 0 bridgehead atoms. The lowest BCUT2D eigenvalue weighted by atomic mass is 10.0. The van der Waals surface area contributed by atoms with Crippen LogP contribution in [0.2, 0.25) is 0 Å². The molecule has 2 N–H and O–H groups in total. The van der Waals surface area contributed by atoms with Gasteiger partial charge in [0.1, 0.15) is 19.3 Å². The standard InChI is InChI=1S/C74H129N2O7P/c1-7-10-13-16-19-22-25-28-30-32-34-35-36-37-38-39-40-41-43-44-46-48-51-54-57-60-63-66-73(77)75-71(70-82-84(79,80)81-69-68-76(4,5)6)72(65-62-59-56-53-50-27-24-21-18-15-12-9-3)83-74(78)67-64-61-58-55-52-49-47-45-42-33-31-29-26-23-20-17-14-11-8-2/h10,13,19-20,22-23,28-31,34-35,37-38,40-42,45,62,65,71-72H,7-9,11-12,14-18,21,24-27,32-33,36,39,43-44,46-61,63-64,66-70H2,1-6H3,(H-,75,77,79,80)/p+1/b13-10-,22-19-,23-20-,30-28-,31-29-,35-34-,38-37-,41-40-,45-42-,65-62-. The maximum Gasteiger partial charge on any atom is 0.472 e. The summed E-state index contributed by atoms with van der Waals surface area (Å²) in [5.41, 5.74) is 0. The number of quaternary nitrogens is 1. The topological polar surface area (TPSA) is 111 Å². The molecule has 0 fully saturated rings. The smallest absolute Gasteiger partial charge is 0.456 e. The molecule has 0 aromatic rings. The molecule has 10 heteroatoms. The highest BCUT2D eigenvalue weighted by atomic mass is 31.2. The summed E-state index contributed by atoms with van der Waals surface area (Å²) in [6.45, 7) is 6.86. The Hall–Kier alpha value is -3.59. The van der Waals surface area contributed by atoms with Gasteiger partial charge in [0.05, 0.1) is 33.8 Å². The zero-order valence-electron chi connectivity index (χ0n) is 55.1. The third kappa shape index (κ3) is 62.9. The van der Waals surface area contributed by atoms with Crippen LogP contribution in [0.25, 0.3) is 0 Å². The third-order valence-electron chi connectivity index (χ3n) is 14.6. The minimum absolute atomic E-state index is 0.0302. The van der Waals surface area contributed by atoms with Gasteiger partial charge in [-0.1, -0.05) is 271 Å². The maximum absolute atomic E-state index is 13.6. The molecule has 0 saturated carbocycles. The minimum atomic E-state index is -4.47. The van der Waals surface area contributed by atoms with Crippen molar-refractivity contribution in [2.24, 2.45) is 0 Å². The van der Waals surface area contributed by atoms with Gasteiger partial charge >= 0.3 is 13.8 Å². The number of nitrogens with zero attached hydrogens (tertiary/aromatic N) is 1. The van der Waals surface area contributed by atoms with E-state index >= 15 is 0 Å². The molecule has 0 saturated heterocycles. The minimum Gasteiger partial charge on any atom is -0.456 e. The number of carbonyl (C=O) groups excluding carboxylic acids is 2. The van der Waals surface area contributed by atoms with Gasteiger partial charge in [-0.25, -0.2) is 4.57 Å². The second-order valence-corrected chi connectivity index (χ2v) is 25.4. The summed E-state index contributed by atoms with van der Waals surface area (Å²) in [7, 11) is 1.47. The second kappa shape index (κ2) is 62.5. The van der Waals surface area contributed by atoms with Crippen molar-refractivity contribution in [2.45, 2.75) is 296 Å². The van der Waals surface area contributed by atoms with Crippen molar-refractivity contribution in [3.05, 3.63) is 122 Å². The first-order valence-electron chi connectivity index (χ1n) is 34.4. The highest BCUT2D eigenvalue weighted by molar-refractivity contribution is 7.47. The first-order chi connectivity index (χ1) is 40.9. The molecule has 0 rings (SSSR count). The molecule has 3 atom stereocenters. The molecule has 1 amide bonds. The van der Waals surface area contributed by atoms with E-state index in [2.05, 4.69) is 135 Å². The van der Waals surface area contributed by atoms with Crippen molar-refractivity contribution in [3.63, 3.8) is 0 Å². The van der Waals surface area contributed by atoms with E-state index in [1.807, 2.05) is 33.3 Å². The Morgan fingerprint density at radius 2 is 0.762 bits per heavy atom. The van der Waals surface area contributed by atoms with Crippen molar-refractivity contribution in [3.8, 4) is 0 Å². The average molecular weight is 1190 g/mol. The number of ether oxygens (including phenoxy) is 1. The summed E-state index contributed by atoms with van der Waals surface area (Å²) < 4.78 is 30.8. The average Bonchev–Trinajstić information content (AvgIpc) is 3.64. The maximum atomic E-state index is 13.6. The predicted octanol–water partition coefficient (Wildman–Crippen LogP) is 21.8.